The number of hydrogen-bond donors (Lipinski definition) is 3. The summed E-state index contributed by atoms with van der Waals surface area (Å²) in [5, 5.41) is 6.85. The molecule has 0 bridgehead atoms. The fourth-order valence-corrected chi connectivity index (χ4v) is 2.84. The summed E-state index contributed by atoms with van der Waals surface area (Å²) in [4.78, 5) is 31.6. The first-order chi connectivity index (χ1) is 12.6. The van der Waals surface area contributed by atoms with Gasteiger partial charge in [-0.25, -0.2) is 4.98 Å². The number of para-hydroxylation sites is 1. The molecule has 1 saturated carbocycles. The summed E-state index contributed by atoms with van der Waals surface area (Å²) in [5.74, 6) is 0.539. The molecule has 1 fully saturated rings. The van der Waals surface area contributed by atoms with Crippen molar-refractivity contribution in [1.29, 1.82) is 0 Å². The Morgan fingerprint density at radius 3 is 2.62 bits per heavy atom. The van der Waals surface area contributed by atoms with Gasteiger partial charge >= 0.3 is 0 Å². The molecule has 0 spiro atoms. The SMILES string of the molecule is C[C@H](Nc1ccc(C(=O)NC2CC2)cc1)c1nc2ccccc2c(=O)[nH]1. The van der Waals surface area contributed by atoms with Crippen LogP contribution < -0.4 is 16.2 Å². The van der Waals surface area contributed by atoms with E-state index in [1.807, 2.05) is 37.3 Å². The van der Waals surface area contributed by atoms with Gasteiger partial charge in [0.05, 0.1) is 16.9 Å². The Hall–Kier alpha value is -3.15. The quantitative estimate of drug-likeness (QED) is 0.661. The molecular weight excluding hydrogens is 328 g/mol. The number of carbonyl (C=O) groups excluding carboxylic acids is 1. The van der Waals surface area contributed by atoms with E-state index in [0.29, 0.717) is 28.3 Å². The predicted molar refractivity (Wildman–Crippen MR) is 101 cm³/mol. The van der Waals surface area contributed by atoms with Crippen molar-refractivity contribution in [3.63, 3.8) is 0 Å². The van der Waals surface area contributed by atoms with E-state index in [-0.39, 0.29) is 17.5 Å². The van der Waals surface area contributed by atoms with Crippen LogP contribution >= 0.6 is 0 Å². The fourth-order valence-electron chi connectivity index (χ4n) is 2.84. The van der Waals surface area contributed by atoms with Gasteiger partial charge in [-0.15, -0.1) is 0 Å². The monoisotopic (exact) mass is 348 g/mol. The average Bonchev–Trinajstić information content (AvgIpc) is 3.46. The van der Waals surface area contributed by atoms with E-state index in [4.69, 9.17) is 0 Å². The van der Waals surface area contributed by atoms with Crippen LogP contribution in [0.15, 0.2) is 53.3 Å². The summed E-state index contributed by atoms with van der Waals surface area (Å²) in [6.45, 7) is 1.93. The minimum atomic E-state index is -0.182. The molecule has 1 amide bonds. The Labute approximate surface area is 150 Å². The predicted octanol–water partition coefficient (Wildman–Crippen LogP) is 2.99. The van der Waals surface area contributed by atoms with Crippen LogP contribution in [0.4, 0.5) is 5.69 Å². The van der Waals surface area contributed by atoms with Crippen LogP contribution in [0.1, 0.15) is 42.0 Å². The van der Waals surface area contributed by atoms with Gasteiger partial charge in [0.2, 0.25) is 0 Å². The molecule has 3 N–H and O–H groups in total. The molecule has 1 atom stereocenters. The lowest BCUT2D eigenvalue weighted by Gasteiger charge is -2.15. The minimum Gasteiger partial charge on any atom is -0.375 e. The molecule has 6 heteroatoms. The highest BCUT2D eigenvalue weighted by molar-refractivity contribution is 5.94. The van der Waals surface area contributed by atoms with Crippen molar-refractivity contribution < 1.29 is 4.79 Å². The van der Waals surface area contributed by atoms with E-state index < -0.39 is 0 Å². The second-order valence-electron chi connectivity index (χ2n) is 6.66. The number of amides is 1. The maximum absolute atomic E-state index is 12.2. The van der Waals surface area contributed by atoms with E-state index in [0.717, 1.165) is 18.5 Å². The van der Waals surface area contributed by atoms with E-state index in [1.165, 1.54) is 0 Å². The van der Waals surface area contributed by atoms with Crippen molar-refractivity contribution >= 4 is 22.5 Å². The molecule has 0 saturated heterocycles. The van der Waals surface area contributed by atoms with E-state index in [1.54, 1.807) is 18.2 Å². The number of fused-ring (bicyclic) bond motifs is 1. The summed E-state index contributed by atoms with van der Waals surface area (Å²) < 4.78 is 0. The Balaban J connectivity index is 1.49. The van der Waals surface area contributed by atoms with Crippen LogP contribution in [0.3, 0.4) is 0 Å². The Kier molecular flexibility index (Phi) is 4.16. The van der Waals surface area contributed by atoms with E-state index in [9.17, 15) is 9.59 Å². The molecule has 3 aromatic rings. The van der Waals surface area contributed by atoms with E-state index >= 15 is 0 Å². The van der Waals surface area contributed by atoms with E-state index in [2.05, 4.69) is 20.6 Å². The van der Waals surface area contributed by atoms with Gasteiger partial charge in [0.1, 0.15) is 5.82 Å². The van der Waals surface area contributed by atoms with Crippen molar-refractivity contribution in [3.8, 4) is 0 Å². The van der Waals surface area contributed by atoms with Crippen molar-refractivity contribution in [2.45, 2.75) is 31.8 Å². The summed E-state index contributed by atoms with van der Waals surface area (Å²) in [6.07, 6.45) is 2.14. The first-order valence-electron chi connectivity index (χ1n) is 8.76. The zero-order chi connectivity index (χ0) is 18.1. The maximum Gasteiger partial charge on any atom is 0.258 e. The topological polar surface area (TPSA) is 86.9 Å². The zero-order valence-corrected chi connectivity index (χ0v) is 14.5. The van der Waals surface area contributed by atoms with Gasteiger partial charge in [0, 0.05) is 17.3 Å². The molecular formula is C20H20N4O2. The summed E-state index contributed by atoms with van der Waals surface area (Å²) >= 11 is 0. The number of aromatic amines is 1. The molecule has 132 valence electrons. The van der Waals surface area contributed by atoms with Crippen molar-refractivity contribution in [2.75, 3.05) is 5.32 Å². The number of aromatic nitrogens is 2. The lowest BCUT2D eigenvalue weighted by molar-refractivity contribution is 0.0951. The molecule has 6 nitrogen and oxygen atoms in total. The molecule has 4 rings (SSSR count). The highest BCUT2D eigenvalue weighted by atomic mass is 16.1. The molecule has 1 heterocycles. The molecule has 2 aromatic carbocycles. The second kappa shape index (κ2) is 6.63. The zero-order valence-electron chi connectivity index (χ0n) is 14.5. The van der Waals surface area contributed by atoms with Gasteiger partial charge in [-0.05, 0) is 56.2 Å². The first-order valence-corrected chi connectivity index (χ1v) is 8.76. The number of nitrogens with zero attached hydrogens (tertiary/aromatic N) is 1. The van der Waals surface area contributed by atoms with Gasteiger partial charge in [-0.3, -0.25) is 9.59 Å². The van der Waals surface area contributed by atoms with Crippen LogP contribution in [0.25, 0.3) is 10.9 Å². The largest absolute Gasteiger partial charge is 0.375 e. The van der Waals surface area contributed by atoms with Gasteiger partial charge in [-0.2, -0.15) is 0 Å². The Morgan fingerprint density at radius 1 is 1.15 bits per heavy atom. The van der Waals surface area contributed by atoms with Crippen molar-refractivity contribution in [3.05, 3.63) is 70.3 Å². The second-order valence-corrected chi connectivity index (χ2v) is 6.66. The van der Waals surface area contributed by atoms with Gasteiger partial charge in [-0.1, -0.05) is 12.1 Å². The highest BCUT2D eigenvalue weighted by Crippen LogP contribution is 2.21. The van der Waals surface area contributed by atoms with Crippen molar-refractivity contribution in [2.24, 2.45) is 0 Å². The first kappa shape index (κ1) is 16.3. The third-order valence-electron chi connectivity index (χ3n) is 4.48. The molecule has 0 aliphatic heterocycles. The lowest BCUT2D eigenvalue weighted by atomic mass is 10.1. The smallest absolute Gasteiger partial charge is 0.258 e. The highest BCUT2D eigenvalue weighted by Gasteiger charge is 2.23. The standard InChI is InChI=1S/C20H20N4O2/c1-12(18-23-17-5-3-2-4-16(17)20(26)24-18)21-14-8-6-13(7-9-14)19(25)22-15-10-11-15/h2-9,12,15,21H,10-11H2,1H3,(H,22,25)(H,23,24,26)/t12-/m0/s1. The third-order valence-corrected chi connectivity index (χ3v) is 4.48. The Morgan fingerprint density at radius 2 is 1.88 bits per heavy atom. The molecule has 1 aliphatic carbocycles. The lowest BCUT2D eigenvalue weighted by Crippen LogP contribution is -2.25. The number of carbonyl (C=O) groups is 1. The van der Waals surface area contributed by atoms with Crippen LogP contribution in [0.2, 0.25) is 0 Å². The number of nitrogens with one attached hydrogen (secondary N) is 3. The summed E-state index contributed by atoms with van der Waals surface area (Å²) in [6, 6.07) is 14.7. The molecule has 0 radical (unpaired) electrons. The normalized spacial score (nSPS) is 14.8. The molecule has 26 heavy (non-hydrogen) atoms. The number of rotatable bonds is 5. The number of benzene rings is 2. The van der Waals surface area contributed by atoms with Crippen LogP contribution in [0, 0.1) is 0 Å². The van der Waals surface area contributed by atoms with Gasteiger partial charge in [0.15, 0.2) is 0 Å². The van der Waals surface area contributed by atoms with Gasteiger partial charge in [0.25, 0.3) is 11.5 Å². The molecule has 0 unspecified atom stereocenters. The third kappa shape index (κ3) is 3.44. The maximum atomic E-state index is 12.2. The Bertz CT molecular complexity index is 1010. The molecule has 1 aromatic heterocycles. The minimum absolute atomic E-state index is 0.0346. The number of anilines is 1. The van der Waals surface area contributed by atoms with Crippen LogP contribution in [0.5, 0.6) is 0 Å². The molecule has 1 aliphatic rings. The average molecular weight is 348 g/mol. The number of H-pyrrole nitrogens is 1. The van der Waals surface area contributed by atoms with Crippen molar-refractivity contribution in [1.82, 2.24) is 15.3 Å². The van der Waals surface area contributed by atoms with Gasteiger partial charge < -0.3 is 15.6 Å². The van der Waals surface area contributed by atoms with Crippen LogP contribution in [-0.2, 0) is 0 Å². The summed E-state index contributed by atoms with van der Waals surface area (Å²) in [5.41, 5.74) is 2.03. The number of hydrogen-bond acceptors (Lipinski definition) is 4. The fraction of sp³-hybridized carbons (Fsp3) is 0.250. The van der Waals surface area contributed by atoms with Crippen LogP contribution in [-0.4, -0.2) is 21.9 Å². The summed E-state index contributed by atoms with van der Waals surface area (Å²) in [7, 11) is 0.